The molecule has 0 spiro atoms. The molecule has 0 atom stereocenters. The van der Waals surface area contributed by atoms with Crippen molar-refractivity contribution in [3.63, 3.8) is 0 Å². The van der Waals surface area contributed by atoms with Gasteiger partial charge in [0.25, 0.3) is 0 Å². The Morgan fingerprint density at radius 1 is 0.735 bits per heavy atom. The number of hydrogen-bond donors (Lipinski definition) is 2. The van der Waals surface area contributed by atoms with Crippen molar-refractivity contribution in [3.8, 4) is 5.75 Å². The zero-order valence-electron chi connectivity index (χ0n) is 20.2. The topological polar surface area (TPSA) is 101 Å². The van der Waals surface area contributed by atoms with Gasteiger partial charge in [-0.15, -0.1) is 0 Å². The SMILES string of the molecule is CC(CO)(CO)C(=O)OCCCCCCCCCCOc1ccc(N=Nc2ccccc2)cc1. The monoisotopic (exact) mass is 470 g/mol. The molecule has 0 aliphatic rings. The maximum atomic E-state index is 11.8. The highest BCUT2D eigenvalue weighted by molar-refractivity contribution is 5.76. The summed E-state index contributed by atoms with van der Waals surface area (Å²) in [7, 11) is 0. The molecule has 0 saturated carbocycles. The normalized spacial score (nSPS) is 11.6. The molecule has 7 nitrogen and oxygen atoms in total. The second-order valence-corrected chi connectivity index (χ2v) is 8.72. The van der Waals surface area contributed by atoms with Crippen LogP contribution in [0.25, 0.3) is 0 Å². The van der Waals surface area contributed by atoms with Gasteiger partial charge >= 0.3 is 5.97 Å². The molecule has 0 unspecified atom stereocenters. The molecule has 0 radical (unpaired) electrons. The highest BCUT2D eigenvalue weighted by Gasteiger charge is 2.33. The molecule has 2 aromatic rings. The van der Waals surface area contributed by atoms with Crippen LogP contribution in [0.4, 0.5) is 11.4 Å². The van der Waals surface area contributed by atoms with Crippen LogP contribution in [0.2, 0.25) is 0 Å². The van der Waals surface area contributed by atoms with Crippen LogP contribution in [0.15, 0.2) is 64.8 Å². The fourth-order valence-corrected chi connectivity index (χ4v) is 3.19. The van der Waals surface area contributed by atoms with Gasteiger partial charge in [0.15, 0.2) is 0 Å². The zero-order chi connectivity index (χ0) is 24.5. The number of azo groups is 1. The fraction of sp³-hybridized carbons (Fsp3) is 0.519. The third-order valence-corrected chi connectivity index (χ3v) is 5.61. The zero-order valence-corrected chi connectivity index (χ0v) is 20.2. The lowest BCUT2D eigenvalue weighted by Gasteiger charge is -2.22. The molecule has 0 heterocycles. The second kappa shape index (κ2) is 16.0. The predicted octanol–water partition coefficient (Wildman–Crippen LogP) is 6.14. The molecule has 0 amide bonds. The molecular weight excluding hydrogens is 432 g/mol. The van der Waals surface area contributed by atoms with Crippen LogP contribution < -0.4 is 4.74 Å². The van der Waals surface area contributed by atoms with Gasteiger partial charge in [-0.05, 0) is 56.2 Å². The Balaban J connectivity index is 1.44. The number of carbonyl (C=O) groups is 1. The quantitative estimate of drug-likeness (QED) is 0.164. The number of aliphatic hydroxyl groups excluding tert-OH is 2. The van der Waals surface area contributed by atoms with Gasteiger partial charge in [-0.25, -0.2) is 0 Å². The second-order valence-electron chi connectivity index (χ2n) is 8.72. The molecular formula is C27H38N2O5. The number of aliphatic hydroxyl groups is 2. The number of ether oxygens (including phenoxy) is 2. The average Bonchev–Trinajstić information content (AvgIpc) is 2.88. The minimum Gasteiger partial charge on any atom is -0.494 e. The van der Waals surface area contributed by atoms with E-state index in [4.69, 9.17) is 9.47 Å². The number of nitrogens with zero attached hydrogens (tertiary/aromatic N) is 2. The lowest BCUT2D eigenvalue weighted by atomic mass is 9.93. The summed E-state index contributed by atoms with van der Waals surface area (Å²) in [6.45, 7) is 1.71. The van der Waals surface area contributed by atoms with Crippen molar-refractivity contribution in [2.45, 2.75) is 58.3 Å². The van der Waals surface area contributed by atoms with Crippen LogP contribution in [0.5, 0.6) is 5.75 Å². The van der Waals surface area contributed by atoms with Gasteiger partial charge in [-0.1, -0.05) is 56.7 Å². The third-order valence-electron chi connectivity index (χ3n) is 5.61. The number of unbranched alkanes of at least 4 members (excludes halogenated alkanes) is 7. The van der Waals surface area contributed by atoms with Crippen molar-refractivity contribution >= 4 is 17.3 Å². The van der Waals surface area contributed by atoms with E-state index in [0.717, 1.165) is 49.2 Å². The van der Waals surface area contributed by atoms with Crippen molar-refractivity contribution in [2.75, 3.05) is 26.4 Å². The van der Waals surface area contributed by atoms with Crippen molar-refractivity contribution in [2.24, 2.45) is 15.6 Å². The van der Waals surface area contributed by atoms with Crippen LogP contribution in [0.3, 0.4) is 0 Å². The molecule has 186 valence electrons. The van der Waals surface area contributed by atoms with E-state index in [1.807, 2.05) is 54.6 Å². The molecule has 2 aromatic carbocycles. The van der Waals surface area contributed by atoms with Gasteiger partial charge in [0.05, 0.1) is 37.8 Å². The molecule has 0 aliphatic heterocycles. The maximum absolute atomic E-state index is 11.8. The first-order chi connectivity index (χ1) is 16.6. The number of hydrogen-bond acceptors (Lipinski definition) is 7. The van der Waals surface area contributed by atoms with Gasteiger partial charge in [0.1, 0.15) is 11.2 Å². The molecule has 0 aromatic heterocycles. The van der Waals surface area contributed by atoms with Crippen LogP contribution in [-0.4, -0.2) is 42.6 Å². The Bertz CT molecular complexity index is 836. The Labute approximate surface area is 202 Å². The lowest BCUT2D eigenvalue weighted by Crippen LogP contribution is -2.37. The Hall–Kier alpha value is -2.77. The van der Waals surface area contributed by atoms with E-state index >= 15 is 0 Å². The van der Waals surface area contributed by atoms with E-state index in [2.05, 4.69) is 10.2 Å². The van der Waals surface area contributed by atoms with E-state index in [1.54, 1.807) is 0 Å². The van der Waals surface area contributed by atoms with E-state index in [1.165, 1.54) is 26.2 Å². The van der Waals surface area contributed by atoms with Crippen molar-refractivity contribution in [1.29, 1.82) is 0 Å². The van der Waals surface area contributed by atoms with Crippen LogP contribution in [-0.2, 0) is 9.53 Å². The van der Waals surface area contributed by atoms with E-state index in [9.17, 15) is 15.0 Å². The van der Waals surface area contributed by atoms with Crippen molar-refractivity contribution < 1.29 is 24.5 Å². The van der Waals surface area contributed by atoms with Crippen LogP contribution in [0.1, 0.15) is 58.3 Å². The summed E-state index contributed by atoms with van der Waals surface area (Å²) < 4.78 is 11.0. The van der Waals surface area contributed by atoms with E-state index < -0.39 is 24.6 Å². The maximum Gasteiger partial charge on any atom is 0.316 e. The minimum atomic E-state index is -1.21. The van der Waals surface area contributed by atoms with Crippen LogP contribution in [0, 0.1) is 5.41 Å². The Morgan fingerprint density at radius 2 is 1.24 bits per heavy atom. The molecule has 0 aliphatic carbocycles. The van der Waals surface area contributed by atoms with Gasteiger partial charge in [-0.3, -0.25) is 4.79 Å². The van der Waals surface area contributed by atoms with Crippen molar-refractivity contribution in [1.82, 2.24) is 0 Å². The van der Waals surface area contributed by atoms with E-state index in [0.29, 0.717) is 13.2 Å². The summed E-state index contributed by atoms with van der Waals surface area (Å²) in [5.41, 5.74) is 0.416. The standard InChI is InChI=1S/C27H38N2O5/c1-27(21-30,22-31)26(32)34-20-12-7-5-3-2-4-6-11-19-33-25-17-15-24(16-18-25)29-28-23-13-9-8-10-14-23/h8-10,13-18,30-31H,2-7,11-12,19-22H2,1H3. The first kappa shape index (κ1) is 27.5. The smallest absolute Gasteiger partial charge is 0.316 e. The fourth-order valence-electron chi connectivity index (χ4n) is 3.19. The Kier molecular flexibility index (Phi) is 12.9. The van der Waals surface area contributed by atoms with Gasteiger partial charge in [0.2, 0.25) is 0 Å². The summed E-state index contributed by atoms with van der Waals surface area (Å²) >= 11 is 0. The number of benzene rings is 2. The summed E-state index contributed by atoms with van der Waals surface area (Å²) in [6, 6.07) is 17.3. The lowest BCUT2D eigenvalue weighted by molar-refractivity contribution is -0.160. The van der Waals surface area contributed by atoms with Crippen LogP contribution >= 0.6 is 0 Å². The van der Waals surface area contributed by atoms with E-state index in [-0.39, 0.29) is 0 Å². The highest BCUT2D eigenvalue weighted by atomic mass is 16.5. The molecule has 2 N–H and O–H groups in total. The largest absolute Gasteiger partial charge is 0.494 e. The first-order valence-corrected chi connectivity index (χ1v) is 12.2. The molecule has 0 bridgehead atoms. The summed E-state index contributed by atoms with van der Waals surface area (Å²) in [5, 5.41) is 26.8. The minimum absolute atomic E-state index is 0.336. The molecule has 0 fully saturated rings. The average molecular weight is 471 g/mol. The third kappa shape index (κ3) is 10.4. The molecule has 7 heteroatoms. The summed E-state index contributed by atoms with van der Waals surface area (Å²) in [5.74, 6) is 0.307. The van der Waals surface area contributed by atoms with Crippen molar-refractivity contribution in [3.05, 3.63) is 54.6 Å². The number of esters is 1. The number of carbonyl (C=O) groups excluding carboxylic acids is 1. The molecule has 0 saturated heterocycles. The summed E-state index contributed by atoms with van der Waals surface area (Å²) in [4.78, 5) is 11.8. The van der Waals surface area contributed by atoms with Gasteiger partial charge < -0.3 is 19.7 Å². The molecule has 2 rings (SSSR count). The summed E-state index contributed by atoms with van der Waals surface area (Å²) in [6.07, 6.45) is 8.63. The highest BCUT2D eigenvalue weighted by Crippen LogP contribution is 2.21. The first-order valence-electron chi connectivity index (χ1n) is 12.2. The Morgan fingerprint density at radius 3 is 1.79 bits per heavy atom. The number of rotatable bonds is 17. The van der Waals surface area contributed by atoms with Gasteiger partial charge in [0, 0.05) is 0 Å². The molecule has 34 heavy (non-hydrogen) atoms. The van der Waals surface area contributed by atoms with Gasteiger partial charge in [-0.2, -0.15) is 10.2 Å². The predicted molar refractivity (Wildman–Crippen MR) is 133 cm³/mol.